The van der Waals surface area contributed by atoms with Crippen LogP contribution in [0.4, 0.5) is 0 Å². The van der Waals surface area contributed by atoms with Crippen molar-refractivity contribution in [2.24, 2.45) is 0 Å². The van der Waals surface area contributed by atoms with E-state index in [1.165, 1.54) is 21.9 Å². The molecule has 5 aromatic rings. The largest absolute Gasteiger partial charge is 0.243 e. The first-order chi connectivity index (χ1) is 13.3. The fourth-order valence-corrected chi connectivity index (χ4v) is 4.20. The SMILES string of the molecule is Ic1nc2ccccc2nc1-c1ccc(-c2ccccc2)c2ccccc12. The number of aromatic nitrogens is 2. The van der Waals surface area contributed by atoms with Crippen molar-refractivity contribution in [2.75, 3.05) is 0 Å². The van der Waals surface area contributed by atoms with Crippen LogP contribution in [0, 0.1) is 3.70 Å². The molecule has 128 valence electrons. The maximum absolute atomic E-state index is 4.93. The molecule has 0 spiro atoms. The molecule has 2 nitrogen and oxygen atoms in total. The average Bonchev–Trinajstić information content (AvgIpc) is 2.73. The zero-order valence-electron chi connectivity index (χ0n) is 14.4. The van der Waals surface area contributed by atoms with Crippen LogP contribution in [0.5, 0.6) is 0 Å². The summed E-state index contributed by atoms with van der Waals surface area (Å²) in [5.41, 5.74) is 6.36. The zero-order chi connectivity index (χ0) is 18.2. The van der Waals surface area contributed by atoms with Crippen molar-refractivity contribution in [3.05, 3.63) is 94.7 Å². The Balaban J connectivity index is 1.80. The van der Waals surface area contributed by atoms with Gasteiger partial charge in [-0.2, -0.15) is 0 Å². The molecule has 0 radical (unpaired) electrons. The third-order valence-electron chi connectivity index (χ3n) is 4.79. The van der Waals surface area contributed by atoms with E-state index >= 15 is 0 Å². The monoisotopic (exact) mass is 458 g/mol. The molecule has 0 N–H and O–H groups in total. The van der Waals surface area contributed by atoms with Crippen molar-refractivity contribution in [1.29, 1.82) is 0 Å². The van der Waals surface area contributed by atoms with Crippen LogP contribution in [0.25, 0.3) is 44.2 Å². The van der Waals surface area contributed by atoms with Crippen LogP contribution in [0.2, 0.25) is 0 Å². The number of rotatable bonds is 2. The van der Waals surface area contributed by atoms with Crippen LogP contribution in [0.3, 0.4) is 0 Å². The third-order valence-corrected chi connectivity index (χ3v) is 5.54. The van der Waals surface area contributed by atoms with Gasteiger partial charge in [-0.05, 0) is 56.6 Å². The minimum atomic E-state index is 0.920. The smallest absolute Gasteiger partial charge is 0.128 e. The molecule has 0 amide bonds. The van der Waals surface area contributed by atoms with Gasteiger partial charge in [0.15, 0.2) is 0 Å². The standard InChI is InChI=1S/C24H15IN2/c25-24-23(26-21-12-6-7-13-22(21)27-24)20-15-14-17(16-8-2-1-3-9-16)18-10-4-5-11-19(18)20/h1-15H. The molecule has 1 heterocycles. The Morgan fingerprint density at radius 2 is 1.07 bits per heavy atom. The van der Waals surface area contributed by atoms with Crippen LogP contribution in [-0.2, 0) is 0 Å². The molecule has 1 aromatic heterocycles. The first-order valence-electron chi connectivity index (χ1n) is 8.81. The van der Waals surface area contributed by atoms with Gasteiger partial charge in [0.2, 0.25) is 0 Å². The second-order valence-electron chi connectivity index (χ2n) is 6.42. The Hall–Kier alpha value is -2.79. The number of nitrogens with zero attached hydrogens (tertiary/aromatic N) is 2. The third kappa shape index (κ3) is 2.88. The van der Waals surface area contributed by atoms with Crippen molar-refractivity contribution < 1.29 is 0 Å². The molecular weight excluding hydrogens is 443 g/mol. The highest BCUT2D eigenvalue weighted by atomic mass is 127. The quantitative estimate of drug-likeness (QED) is 0.275. The van der Waals surface area contributed by atoms with Gasteiger partial charge in [0, 0.05) is 5.56 Å². The summed E-state index contributed by atoms with van der Waals surface area (Å²) in [4.78, 5) is 9.69. The summed E-state index contributed by atoms with van der Waals surface area (Å²) in [5.74, 6) is 0. The predicted octanol–water partition coefficient (Wildman–Crippen LogP) is 6.72. The molecule has 0 aliphatic rings. The highest BCUT2D eigenvalue weighted by molar-refractivity contribution is 14.1. The summed E-state index contributed by atoms with van der Waals surface area (Å²) in [6.07, 6.45) is 0. The van der Waals surface area contributed by atoms with Crippen molar-refractivity contribution in [3.63, 3.8) is 0 Å². The maximum atomic E-state index is 4.93. The molecule has 0 bridgehead atoms. The number of benzene rings is 4. The van der Waals surface area contributed by atoms with E-state index in [0.717, 1.165) is 26.0 Å². The topological polar surface area (TPSA) is 25.8 Å². The molecule has 0 aliphatic carbocycles. The minimum absolute atomic E-state index is 0.920. The first-order valence-corrected chi connectivity index (χ1v) is 9.89. The second-order valence-corrected chi connectivity index (χ2v) is 7.45. The molecule has 5 rings (SSSR count). The number of hydrogen-bond acceptors (Lipinski definition) is 2. The molecule has 0 saturated carbocycles. The molecule has 3 heteroatoms. The Labute approximate surface area is 171 Å². The van der Waals surface area contributed by atoms with Gasteiger partial charge >= 0.3 is 0 Å². The lowest BCUT2D eigenvalue weighted by Gasteiger charge is -2.13. The van der Waals surface area contributed by atoms with Crippen LogP contribution in [0.1, 0.15) is 0 Å². The Kier molecular flexibility index (Phi) is 4.09. The number of hydrogen-bond donors (Lipinski definition) is 0. The van der Waals surface area contributed by atoms with Crippen molar-refractivity contribution in [1.82, 2.24) is 9.97 Å². The van der Waals surface area contributed by atoms with E-state index in [1.54, 1.807) is 0 Å². The molecule has 0 aliphatic heterocycles. The van der Waals surface area contributed by atoms with Crippen LogP contribution >= 0.6 is 22.6 Å². The second kappa shape index (κ2) is 6.74. The molecule has 0 saturated heterocycles. The summed E-state index contributed by atoms with van der Waals surface area (Å²) in [5, 5.41) is 2.42. The van der Waals surface area contributed by atoms with Gasteiger partial charge in [0.25, 0.3) is 0 Å². The van der Waals surface area contributed by atoms with E-state index in [1.807, 2.05) is 30.3 Å². The molecule has 4 aromatic carbocycles. The molecule has 0 fully saturated rings. The summed E-state index contributed by atoms with van der Waals surface area (Å²) in [7, 11) is 0. The van der Waals surface area contributed by atoms with E-state index < -0.39 is 0 Å². The van der Waals surface area contributed by atoms with E-state index in [2.05, 4.69) is 83.3 Å². The summed E-state index contributed by atoms with van der Waals surface area (Å²) >= 11 is 2.29. The van der Waals surface area contributed by atoms with Gasteiger partial charge in [-0.25, -0.2) is 9.97 Å². The van der Waals surface area contributed by atoms with Gasteiger partial charge < -0.3 is 0 Å². The first kappa shape index (κ1) is 16.4. The molecular formula is C24H15IN2. The average molecular weight is 458 g/mol. The summed E-state index contributed by atoms with van der Waals surface area (Å²) in [6, 6.07) is 31.4. The lowest BCUT2D eigenvalue weighted by atomic mass is 9.94. The Morgan fingerprint density at radius 1 is 0.519 bits per heavy atom. The van der Waals surface area contributed by atoms with E-state index in [4.69, 9.17) is 9.97 Å². The molecule has 27 heavy (non-hydrogen) atoms. The number of para-hydroxylation sites is 2. The Morgan fingerprint density at radius 3 is 1.81 bits per heavy atom. The maximum Gasteiger partial charge on any atom is 0.128 e. The molecule has 0 unspecified atom stereocenters. The van der Waals surface area contributed by atoms with Gasteiger partial charge in [-0.15, -0.1) is 0 Å². The predicted molar refractivity (Wildman–Crippen MR) is 121 cm³/mol. The van der Waals surface area contributed by atoms with Gasteiger partial charge in [0.1, 0.15) is 9.39 Å². The summed E-state index contributed by atoms with van der Waals surface area (Å²) in [6.45, 7) is 0. The normalized spacial score (nSPS) is 11.1. The van der Waals surface area contributed by atoms with E-state index in [0.29, 0.717) is 0 Å². The van der Waals surface area contributed by atoms with Crippen LogP contribution < -0.4 is 0 Å². The minimum Gasteiger partial charge on any atom is -0.243 e. The lowest BCUT2D eigenvalue weighted by molar-refractivity contribution is 1.25. The highest BCUT2D eigenvalue weighted by Gasteiger charge is 2.14. The van der Waals surface area contributed by atoms with Crippen molar-refractivity contribution in [3.8, 4) is 22.4 Å². The van der Waals surface area contributed by atoms with E-state index in [-0.39, 0.29) is 0 Å². The zero-order valence-corrected chi connectivity index (χ0v) is 16.6. The number of halogens is 1. The summed E-state index contributed by atoms with van der Waals surface area (Å²) < 4.78 is 0.920. The van der Waals surface area contributed by atoms with Crippen molar-refractivity contribution >= 4 is 44.4 Å². The van der Waals surface area contributed by atoms with Gasteiger partial charge in [0.05, 0.1) is 11.0 Å². The number of fused-ring (bicyclic) bond motifs is 2. The lowest BCUT2D eigenvalue weighted by Crippen LogP contribution is -1.95. The molecule has 0 atom stereocenters. The Bertz CT molecular complexity index is 1280. The fourth-order valence-electron chi connectivity index (χ4n) is 3.52. The highest BCUT2D eigenvalue weighted by Crippen LogP contribution is 2.36. The van der Waals surface area contributed by atoms with Crippen molar-refractivity contribution in [2.45, 2.75) is 0 Å². The van der Waals surface area contributed by atoms with Gasteiger partial charge in [-0.3, -0.25) is 0 Å². The van der Waals surface area contributed by atoms with Crippen LogP contribution in [0.15, 0.2) is 91.0 Å². The van der Waals surface area contributed by atoms with E-state index in [9.17, 15) is 0 Å². The fraction of sp³-hybridized carbons (Fsp3) is 0. The van der Waals surface area contributed by atoms with Crippen LogP contribution in [-0.4, -0.2) is 9.97 Å². The van der Waals surface area contributed by atoms with Gasteiger partial charge in [-0.1, -0.05) is 78.9 Å².